The fraction of sp³-hybridized carbons (Fsp3) is 0. The smallest absolute Gasteiger partial charge is 0.143 e. The van der Waals surface area contributed by atoms with Crippen molar-refractivity contribution in [2.24, 2.45) is 0 Å². The predicted octanol–water partition coefficient (Wildman–Crippen LogP) is 18.2. The molecule has 1 heterocycles. The molecule has 66 heavy (non-hydrogen) atoms. The number of rotatable bonds is 9. The second-order valence-corrected chi connectivity index (χ2v) is 16.8. The summed E-state index contributed by atoms with van der Waals surface area (Å²) in [6.07, 6.45) is 0. The maximum atomic E-state index is 6.44. The van der Waals surface area contributed by atoms with Gasteiger partial charge in [0.05, 0.1) is 0 Å². The average Bonchev–Trinajstić information content (AvgIpc) is 3.79. The minimum Gasteiger partial charge on any atom is -0.455 e. The topological polar surface area (TPSA) is 16.4 Å². The molecule has 0 atom stereocenters. The summed E-state index contributed by atoms with van der Waals surface area (Å²) in [5.74, 6) is 0. The molecule has 0 saturated carbocycles. The summed E-state index contributed by atoms with van der Waals surface area (Å²) >= 11 is 0. The lowest BCUT2D eigenvalue weighted by Gasteiger charge is -2.26. The number of benzene rings is 11. The van der Waals surface area contributed by atoms with E-state index in [9.17, 15) is 0 Å². The molecule has 11 aromatic carbocycles. The Morgan fingerprint density at radius 1 is 0.227 bits per heavy atom. The van der Waals surface area contributed by atoms with Gasteiger partial charge >= 0.3 is 0 Å². The van der Waals surface area contributed by atoms with Gasteiger partial charge < -0.3 is 9.32 Å². The van der Waals surface area contributed by atoms with E-state index >= 15 is 0 Å². The molecule has 0 bridgehead atoms. The quantitative estimate of drug-likeness (QED) is 0.144. The van der Waals surface area contributed by atoms with E-state index in [1.165, 1.54) is 60.8 Å². The van der Waals surface area contributed by atoms with Gasteiger partial charge in [-0.25, -0.2) is 0 Å². The van der Waals surface area contributed by atoms with E-state index in [0.29, 0.717) is 0 Å². The summed E-state index contributed by atoms with van der Waals surface area (Å²) in [5, 5.41) is 4.75. The number of para-hydroxylation sites is 2. The highest BCUT2D eigenvalue weighted by Crippen LogP contribution is 2.44. The largest absolute Gasteiger partial charge is 0.455 e. The molecular weight excluding hydrogens is 799 g/mol. The predicted molar refractivity (Wildman–Crippen MR) is 279 cm³/mol. The maximum absolute atomic E-state index is 6.44. The second-order valence-electron chi connectivity index (χ2n) is 16.8. The van der Waals surface area contributed by atoms with Crippen LogP contribution in [0.3, 0.4) is 0 Å². The van der Waals surface area contributed by atoms with Crippen LogP contribution in [-0.2, 0) is 0 Å². The fourth-order valence-electron chi connectivity index (χ4n) is 9.77. The van der Waals surface area contributed by atoms with Gasteiger partial charge in [-0.05, 0) is 114 Å². The van der Waals surface area contributed by atoms with E-state index in [4.69, 9.17) is 4.42 Å². The molecule has 0 aliphatic carbocycles. The van der Waals surface area contributed by atoms with Crippen LogP contribution in [0, 0.1) is 0 Å². The van der Waals surface area contributed by atoms with Crippen LogP contribution < -0.4 is 4.90 Å². The molecule has 0 aliphatic rings. The first-order chi connectivity index (χ1) is 32.7. The third-order valence-electron chi connectivity index (χ3n) is 13.0. The Morgan fingerprint density at radius 2 is 0.606 bits per heavy atom. The van der Waals surface area contributed by atoms with Crippen molar-refractivity contribution in [3.05, 3.63) is 261 Å². The van der Waals surface area contributed by atoms with Crippen LogP contribution >= 0.6 is 0 Å². The van der Waals surface area contributed by atoms with Crippen LogP contribution in [0.5, 0.6) is 0 Å². The highest BCUT2D eigenvalue weighted by Gasteiger charge is 2.19. The number of fused-ring (bicyclic) bond motifs is 4. The van der Waals surface area contributed by atoms with E-state index in [-0.39, 0.29) is 0 Å². The Morgan fingerprint density at radius 3 is 1.23 bits per heavy atom. The molecule has 0 saturated heterocycles. The van der Waals surface area contributed by atoms with Crippen LogP contribution in [0.1, 0.15) is 0 Å². The second kappa shape index (κ2) is 16.8. The lowest BCUT2D eigenvalue weighted by molar-refractivity contribution is 0.670. The Bertz CT molecular complexity index is 3670. The van der Waals surface area contributed by atoms with Gasteiger partial charge in [-0.3, -0.25) is 0 Å². The molecule has 1 aromatic heterocycles. The first kappa shape index (κ1) is 38.9. The molecule has 0 aliphatic heterocycles. The number of hydrogen-bond donors (Lipinski definition) is 0. The van der Waals surface area contributed by atoms with Crippen molar-refractivity contribution in [2.45, 2.75) is 0 Å². The molecule has 0 fully saturated rings. The lowest BCUT2D eigenvalue weighted by atomic mass is 9.86. The van der Waals surface area contributed by atoms with Gasteiger partial charge in [0.15, 0.2) is 0 Å². The van der Waals surface area contributed by atoms with Crippen LogP contribution in [0.2, 0.25) is 0 Å². The third-order valence-corrected chi connectivity index (χ3v) is 13.0. The SMILES string of the molecule is c1ccc(-c2ccc(N(c3ccc(-c4ccccc4-c4ccccc4-c4ccccc4-c4cccc5ccccc45)cc3)c3ccc(-c4cccc5c4oc4ccccc45)cc3)cc2)cc1. The van der Waals surface area contributed by atoms with Gasteiger partial charge in [0, 0.05) is 33.4 Å². The lowest BCUT2D eigenvalue weighted by Crippen LogP contribution is -2.09. The minimum atomic E-state index is 0.902. The van der Waals surface area contributed by atoms with Crippen molar-refractivity contribution in [3.63, 3.8) is 0 Å². The minimum absolute atomic E-state index is 0.902. The zero-order valence-electron chi connectivity index (χ0n) is 36.2. The summed E-state index contributed by atoms with van der Waals surface area (Å²) in [5.41, 5.74) is 19.2. The standard InChI is InChI=1S/C64H43NO/c1-2-16-44(17-3-1)45-32-38-49(39-33-45)65(51-42-36-48(37-43-51)54-28-15-30-62-61-27-12-13-31-63(61)66-64(54)62)50-40-34-47(35-41-50)53-21-6-7-22-55(53)57-23-8-10-25-59(57)60-26-11-9-24-58(60)56-29-14-19-46-18-4-5-20-52(46)56/h1-43H. The number of anilines is 3. The van der Waals surface area contributed by atoms with Crippen LogP contribution in [0.15, 0.2) is 265 Å². The Hall–Kier alpha value is -8.72. The summed E-state index contributed by atoms with van der Waals surface area (Å²) in [4.78, 5) is 2.34. The first-order valence-corrected chi connectivity index (χ1v) is 22.6. The van der Waals surface area contributed by atoms with Crippen molar-refractivity contribution in [1.29, 1.82) is 0 Å². The van der Waals surface area contributed by atoms with E-state index in [0.717, 1.165) is 55.7 Å². The van der Waals surface area contributed by atoms with Gasteiger partial charge in [-0.1, -0.05) is 218 Å². The summed E-state index contributed by atoms with van der Waals surface area (Å²) < 4.78 is 6.44. The molecule has 0 N–H and O–H groups in total. The van der Waals surface area contributed by atoms with E-state index < -0.39 is 0 Å². The van der Waals surface area contributed by atoms with Crippen molar-refractivity contribution >= 4 is 49.8 Å². The van der Waals surface area contributed by atoms with Gasteiger partial charge in [0.1, 0.15) is 11.2 Å². The fourth-order valence-corrected chi connectivity index (χ4v) is 9.77. The molecule has 12 rings (SSSR count). The van der Waals surface area contributed by atoms with E-state index in [1.54, 1.807) is 0 Å². The zero-order valence-corrected chi connectivity index (χ0v) is 36.2. The van der Waals surface area contributed by atoms with Crippen LogP contribution in [-0.4, -0.2) is 0 Å². The number of nitrogens with zero attached hydrogens (tertiary/aromatic N) is 1. The monoisotopic (exact) mass is 841 g/mol. The Labute approximate surface area is 384 Å². The summed E-state index contributed by atoms with van der Waals surface area (Å²) in [7, 11) is 0. The van der Waals surface area contributed by atoms with Crippen molar-refractivity contribution in [2.75, 3.05) is 4.90 Å². The zero-order chi connectivity index (χ0) is 43.8. The summed E-state index contributed by atoms with van der Waals surface area (Å²) in [6, 6.07) is 93.8. The molecule has 0 unspecified atom stereocenters. The van der Waals surface area contributed by atoms with Crippen LogP contribution in [0.25, 0.3) is 99.5 Å². The van der Waals surface area contributed by atoms with Crippen molar-refractivity contribution < 1.29 is 4.42 Å². The highest BCUT2D eigenvalue weighted by molar-refractivity contribution is 6.09. The van der Waals surface area contributed by atoms with Crippen molar-refractivity contribution in [3.8, 4) is 66.8 Å². The molecule has 12 aromatic rings. The number of furan rings is 1. The molecule has 0 amide bonds. The third kappa shape index (κ3) is 7.02. The molecule has 0 spiro atoms. The molecule has 2 heteroatoms. The average molecular weight is 842 g/mol. The number of hydrogen-bond acceptors (Lipinski definition) is 2. The van der Waals surface area contributed by atoms with Gasteiger partial charge in [-0.2, -0.15) is 0 Å². The van der Waals surface area contributed by atoms with Crippen molar-refractivity contribution in [1.82, 2.24) is 0 Å². The van der Waals surface area contributed by atoms with Crippen LogP contribution in [0.4, 0.5) is 17.1 Å². The first-order valence-electron chi connectivity index (χ1n) is 22.6. The Balaban J connectivity index is 0.929. The maximum Gasteiger partial charge on any atom is 0.143 e. The Kier molecular flexibility index (Phi) is 9.89. The molecule has 0 radical (unpaired) electrons. The van der Waals surface area contributed by atoms with E-state index in [1.807, 2.05) is 12.1 Å². The molecular formula is C64H43NO. The normalized spacial score (nSPS) is 11.3. The van der Waals surface area contributed by atoms with Gasteiger partial charge in [-0.15, -0.1) is 0 Å². The highest BCUT2D eigenvalue weighted by atomic mass is 16.3. The van der Waals surface area contributed by atoms with Gasteiger partial charge in [0.25, 0.3) is 0 Å². The van der Waals surface area contributed by atoms with Gasteiger partial charge in [0.2, 0.25) is 0 Å². The molecule has 310 valence electrons. The van der Waals surface area contributed by atoms with E-state index in [2.05, 4.69) is 254 Å². The molecule has 2 nitrogen and oxygen atoms in total. The summed E-state index contributed by atoms with van der Waals surface area (Å²) in [6.45, 7) is 0.